The Morgan fingerprint density at radius 3 is 2.90 bits per heavy atom. The van der Waals surface area contributed by atoms with E-state index in [-0.39, 0.29) is 0 Å². The average Bonchev–Trinajstić information content (AvgIpc) is 2.90. The number of aromatic nitrogens is 2. The molecule has 106 valence electrons. The van der Waals surface area contributed by atoms with E-state index >= 15 is 0 Å². The number of hydrogen-bond acceptors (Lipinski definition) is 2. The standard InChI is InChI=1S/C16H20BrN3/c1-2-10-18-15-4-3-5-16-14(15)11-19-20(16)13-8-6-12(17)7-9-13/h6-9,11,15,18H,2-5,10H2,1H3. The van der Waals surface area contributed by atoms with Crippen LogP contribution in [0.1, 0.15) is 43.5 Å². The van der Waals surface area contributed by atoms with Crippen molar-refractivity contribution in [2.45, 2.75) is 38.6 Å². The lowest BCUT2D eigenvalue weighted by atomic mass is 9.93. The highest BCUT2D eigenvalue weighted by molar-refractivity contribution is 9.10. The third-order valence-corrected chi connectivity index (χ3v) is 4.42. The minimum absolute atomic E-state index is 0.475. The highest BCUT2D eigenvalue weighted by Gasteiger charge is 2.24. The minimum Gasteiger partial charge on any atom is -0.310 e. The molecule has 0 aliphatic heterocycles. The van der Waals surface area contributed by atoms with Crippen LogP contribution in [0.15, 0.2) is 34.9 Å². The molecular formula is C16H20BrN3. The molecule has 3 rings (SSSR count). The van der Waals surface area contributed by atoms with E-state index in [1.165, 1.54) is 30.5 Å². The van der Waals surface area contributed by atoms with Crippen LogP contribution in [-0.2, 0) is 6.42 Å². The molecule has 0 spiro atoms. The van der Waals surface area contributed by atoms with Crippen LogP contribution in [0.4, 0.5) is 0 Å². The molecule has 0 amide bonds. The van der Waals surface area contributed by atoms with Gasteiger partial charge in [-0.15, -0.1) is 0 Å². The normalized spacial score (nSPS) is 18.0. The molecule has 0 saturated heterocycles. The van der Waals surface area contributed by atoms with Gasteiger partial charge in [-0.05, 0) is 56.5 Å². The van der Waals surface area contributed by atoms with Crippen molar-refractivity contribution >= 4 is 15.9 Å². The number of hydrogen-bond donors (Lipinski definition) is 1. The first-order valence-corrected chi connectivity index (χ1v) is 8.15. The smallest absolute Gasteiger partial charge is 0.0649 e. The van der Waals surface area contributed by atoms with E-state index < -0.39 is 0 Å². The van der Waals surface area contributed by atoms with Gasteiger partial charge in [-0.1, -0.05) is 22.9 Å². The van der Waals surface area contributed by atoms with Gasteiger partial charge in [0, 0.05) is 21.8 Å². The maximum absolute atomic E-state index is 4.62. The fraction of sp³-hybridized carbons (Fsp3) is 0.438. The maximum Gasteiger partial charge on any atom is 0.0649 e. The zero-order valence-electron chi connectivity index (χ0n) is 11.8. The molecule has 0 saturated carbocycles. The van der Waals surface area contributed by atoms with Crippen molar-refractivity contribution in [1.82, 2.24) is 15.1 Å². The summed E-state index contributed by atoms with van der Waals surface area (Å²) in [7, 11) is 0. The first-order chi connectivity index (χ1) is 9.79. The summed E-state index contributed by atoms with van der Waals surface area (Å²) < 4.78 is 3.20. The number of halogens is 1. The van der Waals surface area contributed by atoms with Crippen molar-refractivity contribution in [3.8, 4) is 5.69 Å². The molecule has 0 bridgehead atoms. The number of nitrogens with one attached hydrogen (secondary N) is 1. The van der Waals surface area contributed by atoms with E-state index in [4.69, 9.17) is 0 Å². The lowest BCUT2D eigenvalue weighted by Crippen LogP contribution is -2.25. The van der Waals surface area contributed by atoms with Crippen molar-refractivity contribution in [1.29, 1.82) is 0 Å². The number of benzene rings is 1. The maximum atomic E-state index is 4.62. The number of nitrogens with zero attached hydrogens (tertiary/aromatic N) is 2. The Morgan fingerprint density at radius 1 is 1.35 bits per heavy atom. The molecule has 1 aliphatic carbocycles. The van der Waals surface area contributed by atoms with Crippen LogP contribution in [0, 0.1) is 0 Å². The Labute approximate surface area is 128 Å². The van der Waals surface area contributed by atoms with Crippen molar-refractivity contribution in [2.24, 2.45) is 0 Å². The predicted molar refractivity (Wildman–Crippen MR) is 85.2 cm³/mol. The molecule has 0 fully saturated rings. The fourth-order valence-electron chi connectivity index (χ4n) is 2.89. The monoisotopic (exact) mass is 333 g/mol. The first kappa shape index (κ1) is 13.8. The highest BCUT2D eigenvalue weighted by Crippen LogP contribution is 2.31. The van der Waals surface area contributed by atoms with Gasteiger partial charge >= 0.3 is 0 Å². The molecular weight excluding hydrogens is 314 g/mol. The van der Waals surface area contributed by atoms with Crippen LogP contribution in [0.3, 0.4) is 0 Å². The molecule has 1 heterocycles. The zero-order valence-corrected chi connectivity index (χ0v) is 13.4. The molecule has 0 radical (unpaired) electrons. The highest BCUT2D eigenvalue weighted by atomic mass is 79.9. The van der Waals surface area contributed by atoms with Crippen LogP contribution in [0.25, 0.3) is 5.69 Å². The van der Waals surface area contributed by atoms with E-state index in [2.05, 4.69) is 62.2 Å². The Morgan fingerprint density at radius 2 is 2.15 bits per heavy atom. The summed E-state index contributed by atoms with van der Waals surface area (Å²) in [6.45, 7) is 3.29. The van der Waals surface area contributed by atoms with Gasteiger partial charge in [0.1, 0.15) is 0 Å². The van der Waals surface area contributed by atoms with Gasteiger partial charge in [-0.3, -0.25) is 0 Å². The van der Waals surface area contributed by atoms with Crippen molar-refractivity contribution < 1.29 is 0 Å². The first-order valence-electron chi connectivity index (χ1n) is 7.35. The summed E-state index contributed by atoms with van der Waals surface area (Å²) in [6, 6.07) is 8.84. The largest absolute Gasteiger partial charge is 0.310 e. The van der Waals surface area contributed by atoms with Gasteiger partial charge in [0.05, 0.1) is 11.9 Å². The average molecular weight is 334 g/mol. The Bertz CT molecular complexity index is 574. The summed E-state index contributed by atoms with van der Waals surface area (Å²) in [5, 5.41) is 8.26. The van der Waals surface area contributed by atoms with Gasteiger partial charge in [-0.25, -0.2) is 4.68 Å². The van der Waals surface area contributed by atoms with Crippen molar-refractivity contribution in [2.75, 3.05) is 6.54 Å². The molecule has 1 N–H and O–H groups in total. The Balaban J connectivity index is 1.91. The summed E-state index contributed by atoms with van der Waals surface area (Å²) in [5.74, 6) is 0. The lowest BCUT2D eigenvalue weighted by molar-refractivity contribution is 0.456. The van der Waals surface area contributed by atoms with E-state index in [9.17, 15) is 0 Å². The fourth-order valence-corrected chi connectivity index (χ4v) is 3.16. The van der Waals surface area contributed by atoms with Crippen LogP contribution in [0.2, 0.25) is 0 Å². The van der Waals surface area contributed by atoms with Crippen LogP contribution in [0.5, 0.6) is 0 Å². The molecule has 1 aliphatic rings. The number of fused-ring (bicyclic) bond motifs is 1. The second-order valence-electron chi connectivity index (χ2n) is 5.33. The number of rotatable bonds is 4. The Kier molecular flexibility index (Phi) is 4.22. The summed E-state index contributed by atoms with van der Waals surface area (Å²) >= 11 is 3.48. The van der Waals surface area contributed by atoms with Crippen LogP contribution < -0.4 is 5.32 Å². The molecule has 20 heavy (non-hydrogen) atoms. The van der Waals surface area contributed by atoms with E-state index in [1.54, 1.807) is 0 Å². The minimum atomic E-state index is 0.475. The van der Waals surface area contributed by atoms with Crippen molar-refractivity contribution in [3.05, 3.63) is 46.2 Å². The molecule has 2 aromatic rings. The Hall–Kier alpha value is -1.13. The third kappa shape index (κ3) is 2.67. The predicted octanol–water partition coefficient (Wildman–Crippen LogP) is 4.01. The third-order valence-electron chi connectivity index (χ3n) is 3.89. The molecule has 3 nitrogen and oxygen atoms in total. The SMILES string of the molecule is CCCNC1CCCc2c1cnn2-c1ccc(Br)cc1. The molecule has 1 aromatic heterocycles. The molecule has 1 atom stereocenters. The quantitative estimate of drug-likeness (QED) is 0.915. The summed E-state index contributed by atoms with van der Waals surface area (Å²) in [5.41, 5.74) is 3.89. The van der Waals surface area contributed by atoms with Gasteiger partial charge in [-0.2, -0.15) is 5.10 Å². The van der Waals surface area contributed by atoms with Gasteiger partial charge in [0.25, 0.3) is 0 Å². The van der Waals surface area contributed by atoms with Gasteiger partial charge in [0.15, 0.2) is 0 Å². The summed E-state index contributed by atoms with van der Waals surface area (Å²) in [4.78, 5) is 0. The van der Waals surface area contributed by atoms with E-state index in [0.29, 0.717) is 6.04 Å². The summed E-state index contributed by atoms with van der Waals surface area (Å²) in [6.07, 6.45) is 6.79. The van der Waals surface area contributed by atoms with Crippen LogP contribution in [-0.4, -0.2) is 16.3 Å². The van der Waals surface area contributed by atoms with Crippen LogP contribution >= 0.6 is 15.9 Å². The molecule has 1 aromatic carbocycles. The van der Waals surface area contributed by atoms with E-state index in [0.717, 1.165) is 23.1 Å². The lowest BCUT2D eigenvalue weighted by Gasteiger charge is -2.24. The second kappa shape index (κ2) is 6.10. The molecule has 4 heteroatoms. The van der Waals surface area contributed by atoms with E-state index in [1.807, 2.05) is 6.20 Å². The zero-order chi connectivity index (χ0) is 13.9. The van der Waals surface area contributed by atoms with Gasteiger partial charge in [0.2, 0.25) is 0 Å². The second-order valence-corrected chi connectivity index (χ2v) is 6.25. The molecule has 1 unspecified atom stereocenters. The van der Waals surface area contributed by atoms with Crippen molar-refractivity contribution in [3.63, 3.8) is 0 Å². The van der Waals surface area contributed by atoms with Gasteiger partial charge < -0.3 is 5.32 Å². The topological polar surface area (TPSA) is 29.9 Å².